The molecule has 0 bridgehead atoms. The molecule has 3 N–H and O–H groups in total. The van der Waals surface area contributed by atoms with Crippen molar-refractivity contribution in [2.45, 2.75) is 142 Å². The molecule has 0 aliphatic rings. The first kappa shape index (κ1) is 48.7. The normalized spacial score (nSPS) is 14.5. The lowest BCUT2D eigenvalue weighted by atomic mass is 10.1. The number of carbonyl (C=O) groups excluding carboxylic acids is 1. The van der Waals surface area contributed by atoms with E-state index < -0.39 is 19.9 Å². The number of esters is 1. The van der Waals surface area contributed by atoms with Gasteiger partial charge in [-0.1, -0.05) is 150 Å². The molecule has 0 spiro atoms. The summed E-state index contributed by atoms with van der Waals surface area (Å²) in [5, 5.41) is 0. The van der Waals surface area contributed by atoms with Crippen LogP contribution in [0.3, 0.4) is 0 Å². The highest BCUT2D eigenvalue weighted by Gasteiger charge is 2.25. The van der Waals surface area contributed by atoms with E-state index in [1.54, 1.807) is 0 Å². The topological polar surface area (TPSA) is 117 Å². The second kappa shape index (κ2) is 38.9. The van der Waals surface area contributed by atoms with Gasteiger partial charge in [0.05, 0.1) is 19.8 Å². The highest BCUT2D eigenvalue weighted by atomic mass is 31.2. The highest BCUT2D eigenvalue weighted by molar-refractivity contribution is 7.47. The third kappa shape index (κ3) is 38.7. The van der Waals surface area contributed by atoms with Crippen molar-refractivity contribution in [3.63, 3.8) is 0 Å². The number of rotatable bonds is 36. The predicted molar refractivity (Wildman–Crippen MR) is 215 cm³/mol. The summed E-state index contributed by atoms with van der Waals surface area (Å²) in [7, 11) is -4.29. The van der Waals surface area contributed by atoms with Gasteiger partial charge in [0.25, 0.3) is 0 Å². The van der Waals surface area contributed by atoms with Gasteiger partial charge in [-0.15, -0.1) is 0 Å². The van der Waals surface area contributed by atoms with Crippen LogP contribution in [0.5, 0.6) is 0 Å². The minimum absolute atomic E-state index is 0.0873. The molecule has 0 saturated carbocycles. The summed E-state index contributed by atoms with van der Waals surface area (Å²) in [4.78, 5) is 22.3. The van der Waals surface area contributed by atoms with Gasteiger partial charge in [-0.3, -0.25) is 13.8 Å². The van der Waals surface area contributed by atoms with E-state index in [0.717, 1.165) is 64.2 Å². The zero-order chi connectivity index (χ0) is 37.4. The summed E-state index contributed by atoms with van der Waals surface area (Å²) in [5.41, 5.74) is 5.34. The highest BCUT2D eigenvalue weighted by Crippen LogP contribution is 2.43. The zero-order valence-electron chi connectivity index (χ0n) is 32.1. The van der Waals surface area contributed by atoms with Crippen molar-refractivity contribution in [2.75, 3.05) is 33.0 Å². The Balaban J connectivity index is 4.18. The Labute approximate surface area is 311 Å². The molecule has 2 unspecified atom stereocenters. The number of hydrogen-bond acceptors (Lipinski definition) is 7. The smallest absolute Gasteiger partial charge is 0.457 e. The van der Waals surface area contributed by atoms with Gasteiger partial charge in [-0.05, 0) is 64.2 Å². The SMILES string of the molecule is CC/C=C\C/C=C\C/C=C\C/C=C\C/C=C\C/C=C\C/C=C\CCCC(=O)OC(COCCCCCCCCCCC)COP(=O)(O)OCCN. The van der Waals surface area contributed by atoms with Crippen LogP contribution < -0.4 is 5.73 Å². The molecule has 0 aromatic heterocycles. The molecule has 0 aliphatic carbocycles. The summed E-state index contributed by atoms with van der Waals surface area (Å²) < 4.78 is 33.2. The average molecular weight is 734 g/mol. The molecule has 0 heterocycles. The lowest BCUT2D eigenvalue weighted by molar-refractivity contribution is -0.154. The van der Waals surface area contributed by atoms with Crippen LogP contribution in [0.25, 0.3) is 0 Å². The molecule has 51 heavy (non-hydrogen) atoms. The van der Waals surface area contributed by atoms with Gasteiger partial charge in [0.2, 0.25) is 0 Å². The maximum Gasteiger partial charge on any atom is 0.472 e. The number of hydrogen-bond donors (Lipinski definition) is 2. The first-order chi connectivity index (χ1) is 24.9. The molecule has 0 fully saturated rings. The minimum Gasteiger partial charge on any atom is -0.457 e. The van der Waals surface area contributed by atoms with Crippen LogP contribution >= 0.6 is 7.82 Å². The number of unbranched alkanes of at least 4 members (excludes halogenated alkanes) is 9. The van der Waals surface area contributed by atoms with Crippen LogP contribution in [0.4, 0.5) is 0 Å². The van der Waals surface area contributed by atoms with Crippen molar-refractivity contribution in [1.82, 2.24) is 0 Å². The lowest BCUT2D eigenvalue weighted by Crippen LogP contribution is -2.28. The molecular weight excluding hydrogens is 661 g/mol. The van der Waals surface area contributed by atoms with Crippen LogP contribution in [0.1, 0.15) is 136 Å². The third-order valence-corrected chi connectivity index (χ3v) is 8.56. The van der Waals surface area contributed by atoms with Crippen molar-refractivity contribution in [3.05, 3.63) is 85.1 Å². The minimum atomic E-state index is -4.29. The van der Waals surface area contributed by atoms with Crippen molar-refractivity contribution < 1.29 is 32.8 Å². The molecule has 0 aromatic carbocycles. The van der Waals surface area contributed by atoms with Gasteiger partial charge in [-0.25, -0.2) is 4.57 Å². The molecule has 0 rings (SSSR count). The zero-order valence-corrected chi connectivity index (χ0v) is 32.9. The van der Waals surface area contributed by atoms with Crippen LogP contribution in [0.15, 0.2) is 85.1 Å². The molecule has 2 atom stereocenters. The molecule has 0 aliphatic heterocycles. The second-order valence-electron chi connectivity index (χ2n) is 12.4. The predicted octanol–water partition coefficient (Wildman–Crippen LogP) is 11.4. The first-order valence-corrected chi connectivity index (χ1v) is 21.1. The quantitative estimate of drug-likeness (QED) is 0.0283. The van der Waals surface area contributed by atoms with E-state index in [-0.39, 0.29) is 32.8 Å². The number of allylic oxidation sites excluding steroid dienone is 14. The first-order valence-electron chi connectivity index (χ1n) is 19.6. The van der Waals surface area contributed by atoms with Crippen LogP contribution in [0.2, 0.25) is 0 Å². The summed E-state index contributed by atoms with van der Waals surface area (Å²) in [6, 6.07) is 0. The van der Waals surface area contributed by atoms with Crippen LogP contribution in [-0.4, -0.2) is 49.9 Å². The van der Waals surface area contributed by atoms with Gasteiger partial charge >= 0.3 is 13.8 Å². The van der Waals surface area contributed by atoms with E-state index in [1.165, 1.54) is 44.9 Å². The Kier molecular flexibility index (Phi) is 37.1. The van der Waals surface area contributed by atoms with Crippen LogP contribution in [-0.2, 0) is 27.9 Å². The van der Waals surface area contributed by atoms with E-state index in [4.69, 9.17) is 24.3 Å². The fourth-order valence-electron chi connectivity index (χ4n) is 4.75. The Hall–Kier alpha value is -2.32. The Bertz CT molecular complexity index is 1050. The Morgan fingerprint density at radius 3 is 1.57 bits per heavy atom. The molecule has 9 heteroatoms. The number of ether oxygens (including phenoxy) is 2. The van der Waals surface area contributed by atoms with E-state index >= 15 is 0 Å². The monoisotopic (exact) mass is 734 g/mol. The summed E-state index contributed by atoms with van der Waals surface area (Å²) >= 11 is 0. The number of carbonyl (C=O) groups is 1. The molecule has 8 nitrogen and oxygen atoms in total. The molecule has 0 amide bonds. The van der Waals surface area contributed by atoms with Crippen molar-refractivity contribution >= 4 is 13.8 Å². The summed E-state index contributed by atoms with van der Waals surface area (Å²) in [6.07, 6.45) is 49.0. The van der Waals surface area contributed by atoms with Crippen LogP contribution in [0, 0.1) is 0 Å². The molecule has 0 aromatic rings. The average Bonchev–Trinajstić information content (AvgIpc) is 3.12. The van der Waals surface area contributed by atoms with Gasteiger partial charge in [-0.2, -0.15) is 0 Å². The fourth-order valence-corrected chi connectivity index (χ4v) is 5.51. The van der Waals surface area contributed by atoms with E-state index in [9.17, 15) is 14.3 Å². The van der Waals surface area contributed by atoms with Gasteiger partial charge in [0.1, 0.15) is 6.10 Å². The van der Waals surface area contributed by atoms with E-state index in [0.29, 0.717) is 13.0 Å². The maximum atomic E-state index is 12.5. The third-order valence-electron chi connectivity index (χ3n) is 7.58. The van der Waals surface area contributed by atoms with Crippen molar-refractivity contribution in [1.29, 1.82) is 0 Å². The Morgan fingerprint density at radius 2 is 1.08 bits per heavy atom. The largest absolute Gasteiger partial charge is 0.472 e. The molecule has 292 valence electrons. The summed E-state index contributed by atoms with van der Waals surface area (Å²) in [6.45, 7) is 4.68. The Morgan fingerprint density at radius 1 is 0.608 bits per heavy atom. The van der Waals surface area contributed by atoms with Gasteiger partial charge in [0, 0.05) is 19.6 Å². The number of nitrogens with two attached hydrogens (primary N) is 1. The fraction of sp³-hybridized carbons (Fsp3) is 0.643. The second-order valence-corrected chi connectivity index (χ2v) is 13.9. The molecular formula is C42H72NO7P. The van der Waals surface area contributed by atoms with E-state index in [1.807, 2.05) is 0 Å². The lowest BCUT2D eigenvalue weighted by Gasteiger charge is -2.20. The van der Waals surface area contributed by atoms with Gasteiger partial charge < -0.3 is 20.1 Å². The van der Waals surface area contributed by atoms with E-state index in [2.05, 4.69) is 98.9 Å². The molecule has 0 saturated heterocycles. The molecule has 0 radical (unpaired) electrons. The van der Waals surface area contributed by atoms with Crippen molar-refractivity contribution in [3.8, 4) is 0 Å². The standard InChI is InChI=1S/C42H72NO7P/c1-3-5-7-9-11-13-14-15-16-17-18-19-20-21-22-23-24-25-26-27-29-31-33-35-42(44)50-41(40-49-51(45,46)48-38-36-43)39-47-37-34-32-30-28-12-10-8-6-4-2/h5,7,11,13,15-16,18-19,21-22,24-25,27,29,41H,3-4,6,8-10,12,14,17,20,23,26,28,30-40,43H2,1-2H3,(H,45,46)/b7-5-,13-11-,16-15-,19-18-,22-21-,25-24-,29-27-. The summed E-state index contributed by atoms with van der Waals surface area (Å²) in [5.74, 6) is -0.392. The number of phosphoric acid groups is 1. The maximum absolute atomic E-state index is 12.5. The van der Waals surface area contributed by atoms with Crippen molar-refractivity contribution in [2.24, 2.45) is 5.73 Å². The van der Waals surface area contributed by atoms with Gasteiger partial charge in [0.15, 0.2) is 0 Å². The number of phosphoric ester groups is 1.